The average molecular weight is 293 g/mol. The number of fused-ring (bicyclic) bond motifs is 1. The Labute approximate surface area is 122 Å². The molecule has 0 aliphatic rings. The van der Waals surface area contributed by atoms with Gasteiger partial charge in [-0.2, -0.15) is 0 Å². The summed E-state index contributed by atoms with van der Waals surface area (Å²) in [5.74, 6) is -0.268. The highest BCUT2D eigenvalue weighted by molar-refractivity contribution is 6.32. The van der Waals surface area contributed by atoms with E-state index >= 15 is 0 Å². The molecule has 1 aromatic carbocycles. The first kappa shape index (κ1) is 14.6. The third kappa shape index (κ3) is 2.70. The highest BCUT2D eigenvalue weighted by Crippen LogP contribution is 2.21. The second-order valence-corrected chi connectivity index (χ2v) is 5.43. The number of carbonyl (C=O) groups is 1. The summed E-state index contributed by atoms with van der Waals surface area (Å²) in [6.45, 7) is 5.51. The van der Waals surface area contributed by atoms with Crippen molar-refractivity contribution in [1.29, 1.82) is 0 Å². The first-order valence-corrected chi connectivity index (χ1v) is 6.98. The Hall–Kier alpha value is -1.81. The van der Waals surface area contributed by atoms with Gasteiger partial charge in [-0.05, 0) is 38.0 Å². The highest BCUT2D eigenvalue weighted by Gasteiger charge is 2.11. The topological polar surface area (TPSA) is 62.0 Å². The fourth-order valence-electron chi connectivity index (χ4n) is 2.25. The fourth-order valence-corrected chi connectivity index (χ4v) is 2.31. The summed E-state index contributed by atoms with van der Waals surface area (Å²) >= 11 is 5.72. The van der Waals surface area contributed by atoms with Crippen LogP contribution in [0.1, 0.15) is 25.0 Å². The molecule has 0 aliphatic carbocycles. The van der Waals surface area contributed by atoms with Crippen molar-refractivity contribution in [1.82, 2.24) is 4.98 Å². The van der Waals surface area contributed by atoms with Gasteiger partial charge in [0.2, 0.25) is 5.91 Å². The van der Waals surface area contributed by atoms with Gasteiger partial charge in [0.05, 0.1) is 5.52 Å². The van der Waals surface area contributed by atoms with E-state index in [4.69, 9.17) is 11.6 Å². The van der Waals surface area contributed by atoms with Crippen LogP contribution in [0, 0.1) is 6.92 Å². The summed E-state index contributed by atoms with van der Waals surface area (Å²) < 4.78 is 0. The number of anilines is 1. The van der Waals surface area contributed by atoms with Crippen LogP contribution in [0.3, 0.4) is 0 Å². The van der Waals surface area contributed by atoms with Crippen LogP contribution in [0.4, 0.5) is 5.69 Å². The lowest BCUT2D eigenvalue weighted by atomic mass is 10.0. The van der Waals surface area contributed by atoms with Crippen LogP contribution in [0.2, 0.25) is 0 Å². The number of aromatic nitrogens is 1. The maximum absolute atomic E-state index is 12.0. The van der Waals surface area contributed by atoms with Crippen LogP contribution in [-0.4, -0.2) is 16.3 Å². The number of hydrogen-bond donors (Lipinski definition) is 2. The molecular weight excluding hydrogens is 276 g/mol. The van der Waals surface area contributed by atoms with Crippen LogP contribution in [0.5, 0.6) is 0 Å². The maximum atomic E-state index is 12.0. The van der Waals surface area contributed by atoms with Crippen molar-refractivity contribution < 1.29 is 4.79 Å². The minimum absolute atomic E-state index is 0.0771. The van der Waals surface area contributed by atoms with Gasteiger partial charge < -0.3 is 10.3 Å². The van der Waals surface area contributed by atoms with E-state index in [-0.39, 0.29) is 11.5 Å². The lowest BCUT2D eigenvalue weighted by Crippen LogP contribution is -2.20. The largest absolute Gasteiger partial charge is 0.325 e. The van der Waals surface area contributed by atoms with Crippen molar-refractivity contribution in [2.45, 2.75) is 32.6 Å². The minimum Gasteiger partial charge on any atom is -0.325 e. The zero-order valence-corrected chi connectivity index (χ0v) is 12.5. The number of carbonyl (C=O) groups excluding carboxylic acids is 1. The van der Waals surface area contributed by atoms with Gasteiger partial charge >= 0.3 is 0 Å². The van der Waals surface area contributed by atoms with Gasteiger partial charge in [-0.1, -0.05) is 13.0 Å². The predicted octanol–water partition coefficient (Wildman–Crippen LogP) is 2.96. The number of H-pyrrole nitrogens is 1. The molecule has 1 aromatic heterocycles. The van der Waals surface area contributed by atoms with Crippen LogP contribution in [0.25, 0.3) is 10.9 Å². The summed E-state index contributed by atoms with van der Waals surface area (Å²) in [6, 6.07) is 5.46. The summed E-state index contributed by atoms with van der Waals surface area (Å²) in [4.78, 5) is 26.4. The van der Waals surface area contributed by atoms with Crippen LogP contribution >= 0.6 is 11.6 Å². The first-order chi connectivity index (χ1) is 9.43. The molecule has 0 fully saturated rings. The van der Waals surface area contributed by atoms with E-state index in [1.807, 2.05) is 26.0 Å². The van der Waals surface area contributed by atoms with Gasteiger partial charge in [-0.25, -0.2) is 0 Å². The Morgan fingerprint density at radius 3 is 2.75 bits per heavy atom. The molecular formula is C15H17ClN2O2. The van der Waals surface area contributed by atoms with Crippen LogP contribution in [0.15, 0.2) is 23.0 Å². The van der Waals surface area contributed by atoms with Gasteiger partial charge in [0.15, 0.2) is 0 Å². The third-order valence-electron chi connectivity index (χ3n) is 3.38. The van der Waals surface area contributed by atoms with E-state index in [0.29, 0.717) is 17.6 Å². The minimum atomic E-state index is -0.603. The standard InChI is InChI=1S/C15H17ClN2O2/c1-4-11-8(2)12-6-5-10(17-14(19)9(3)16)7-13(12)18-15(11)20/h5-7,9H,4H2,1-3H3,(H,17,19)(H,18,20). The molecule has 106 valence electrons. The number of aromatic amines is 1. The van der Waals surface area contributed by atoms with Crippen molar-refractivity contribution in [2.24, 2.45) is 0 Å². The van der Waals surface area contributed by atoms with Crippen molar-refractivity contribution in [3.63, 3.8) is 0 Å². The summed E-state index contributed by atoms with van der Waals surface area (Å²) in [5.41, 5.74) is 3.03. The Bertz CT molecular complexity index is 720. The van der Waals surface area contributed by atoms with Crippen molar-refractivity contribution >= 4 is 34.1 Å². The monoisotopic (exact) mass is 292 g/mol. The molecule has 4 nitrogen and oxygen atoms in total. The molecule has 20 heavy (non-hydrogen) atoms. The van der Waals surface area contributed by atoms with Crippen LogP contribution in [-0.2, 0) is 11.2 Å². The third-order valence-corrected chi connectivity index (χ3v) is 3.58. The number of alkyl halides is 1. The number of amides is 1. The molecule has 2 N–H and O–H groups in total. The van der Waals surface area contributed by atoms with Gasteiger partial charge in [-0.15, -0.1) is 11.6 Å². The van der Waals surface area contributed by atoms with Gasteiger partial charge in [0.25, 0.3) is 5.56 Å². The number of halogens is 1. The highest BCUT2D eigenvalue weighted by atomic mass is 35.5. The van der Waals surface area contributed by atoms with Crippen molar-refractivity contribution in [3.8, 4) is 0 Å². The van der Waals surface area contributed by atoms with E-state index in [1.165, 1.54) is 0 Å². The SMILES string of the molecule is CCc1c(C)c2ccc(NC(=O)C(C)Cl)cc2[nH]c1=O. The number of nitrogens with one attached hydrogen (secondary N) is 2. The summed E-state index contributed by atoms with van der Waals surface area (Å²) in [5, 5.41) is 3.09. The molecule has 1 heterocycles. The van der Waals surface area contributed by atoms with Gasteiger partial charge in [0, 0.05) is 16.6 Å². The van der Waals surface area contributed by atoms with Crippen molar-refractivity contribution in [3.05, 3.63) is 39.7 Å². The zero-order valence-electron chi connectivity index (χ0n) is 11.7. The second kappa shape index (κ2) is 5.67. The fraction of sp³-hybridized carbons (Fsp3) is 0.333. The lowest BCUT2D eigenvalue weighted by Gasteiger charge is -2.10. The Balaban J connectivity index is 2.50. The summed E-state index contributed by atoms with van der Waals surface area (Å²) in [7, 11) is 0. The molecule has 0 bridgehead atoms. The average Bonchev–Trinajstić information content (AvgIpc) is 2.38. The smallest absolute Gasteiger partial charge is 0.251 e. The van der Waals surface area contributed by atoms with Gasteiger partial charge in [0.1, 0.15) is 5.38 Å². The van der Waals surface area contributed by atoms with E-state index in [0.717, 1.165) is 16.5 Å². The predicted molar refractivity (Wildman–Crippen MR) is 82.6 cm³/mol. The molecule has 1 atom stereocenters. The Morgan fingerprint density at radius 2 is 2.15 bits per heavy atom. The molecule has 2 rings (SSSR count). The summed E-state index contributed by atoms with van der Waals surface area (Å²) in [6.07, 6.45) is 0.694. The molecule has 0 saturated carbocycles. The lowest BCUT2D eigenvalue weighted by molar-refractivity contribution is -0.115. The Kier molecular flexibility index (Phi) is 4.14. The number of hydrogen-bond acceptors (Lipinski definition) is 2. The molecule has 0 aliphatic heterocycles. The number of rotatable bonds is 3. The normalized spacial score (nSPS) is 12.4. The quantitative estimate of drug-likeness (QED) is 0.854. The number of pyridine rings is 1. The zero-order chi connectivity index (χ0) is 14.9. The molecule has 2 aromatic rings. The van der Waals surface area contributed by atoms with Gasteiger partial charge in [-0.3, -0.25) is 9.59 Å². The van der Waals surface area contributed by atoms with Crippen molar-refractivity contribution in [2.75, 3.05) is 5.32 Å². The van der Waals surface area contributed by atoms with E-state index < -0.39 is 5.38 Å². The molecule has 0 spiro atoms. The first-order valence-electron chi connectivity index (χ1n) is 6.54. The van der Waals surface area contributed by atoms with E-state index in [2.05, 4.69) is 10.3 Å². The molecule has 0 saturated heterocycles. The molecule has 1 unspecified atom stereocenters. The number of aryl methyl sites for hydroxylation is 1. The van der Waals surface area contributed by atoms with E-state index in [1.54, 1.807) is 13.0 Å². The molecule has 0 radical (unpaired) electrons. The van der Waals surface area contributed by atoms with E-state index in [9.17, 15) is 9.59 Å². The molecule has 5 heteroatoms. The number of benzene rings is 1. The molecule has 1 amide bonds. The van der Waals surface area contributed by atoms with Crippen LogP contribution < -0.4 is 10.9 Å². The second-order valence-electron chi connectivity index (χ2n) is 4.78. The Morgan fingerprint density at radius 1 is 1.45 bits per heavy atom. The maximum Gasteiger partial charge on any atom is 0.251 e.